The molecule has 0 spiro atoms. The molecule has 5 nitrogen and oxygen atoms in total. The number of carbonyl (C=O) groups is 1. The summed E-state index contributed by atoms with van der Waals surface area (Å²) < 4.78 is 18.4. The zero-order valence-electron chi connectivity index (χ0n) is 11.2. The largest absolute Gasteiger partial charge is 0.505 e. The van der Waals surface area contributed by atoms with Crippen LogP contribution in [0, 0.1) is 5.82 Å². The normalized spacial score (nSPS) is 11.7. The van der Waals surface area contributed by atoms with Gasteiger partial charge in [-0.3, -0.25) is 0 Å². The van der Waals surface area contributed by atoms with Crippen LogP contribution in [0.3, 0.4) is 0 Å². The summed E-state index contributed by atoms with van der Waals surface area (Å²) in [5.74, 6) is -1.90. The SMILES string of the molecule is COc1ccc(NC(C(=O)O)c2ccc(O)c(F)c2)cc1. The van der Waals surface area contributed by atoms with Crippen molar-refractivity contribution >= 4 is 11.7 Å². The van der Waals surface area contributed by atoms with Crippen molar-refractivity contribution in [2.24, 2.45) is 0 Å². The van der Waals surface area contributed by atoms with Crippen LogP contribution < -0.4 is 10.1 Å². The summed E-state index contributed by atoms with van der Waals surface area (Å²) in [5, 5.41) is 21.2. The Labute approximate surface area is 120 Å². The molecule has 0 fully saturated rings. The average molecular weight is 291 g/mol. The number of halogens is 1. The van der Waals surface area contributed by atoms with E-state index in [1.165, 1.54) is 13.2 Å². The van der Waals surface area contributed by atoms with Crippen LogP contribution >= 0.6 is 0 Å². The van der Waals surface area contributed by atoms with Gasteiger partial charge < -0.3 is 20.3 Å². The minimum atomic E-state index is -1.16. The van der Waals surface area contributed by atoms with Gasteiger partial charge in [0.2, 0.25) is 0 Å². The molecule has 1 atom stereocenters. The molecule has 6 heteroatoms. The van der Waals surface area contributed by atoms with E-state index in [1.54, 1.807) is 24.3 Å². The van der Waals surface area contributed by atoms with Crippen LogP contribution in [0.2, 0.25) is 0 Å². The number of nitrogens with one attached hydrogen (secondary N) is 1. The Hall–Kier alpha value is -2.76. The number of hydrogen-bond acceptors (Lipinski definition) is 4. The second-order valence-corrected chi connectivity index (χ2v) is 4.35. The molecule has 0 bridgehead atoms. The third-order valence-electron chi connectivity index (χ3n) is 2.95. The van der Waals surface area contributed by atoms with E-state index in [-0.39, 0.29) is 5.56 Å². The molecular formula is C15H14FNO4. The van der Waals surface area contributed by atoms with Crippen molar-refractivity contribution in [1.29, 1.82) is 0 Å². The summed E-state index contributed by atoms with van der Waals surface area (Å²) in [5.41, 5.74) is 0.755. The van der Waals surface area contributed by atoms with Crippen LogP contribution in [-0.4, -0.2) is 23.3 Å². The lowest BCUT2D eigenvalue weighted by atomic mass is 10.1. The first kappa shape index (κ1) is 14.6. The van der Waals surface area contributed by atoms with Gasteiger partial charge >= 0.3 is 5.97 Å². The zero-order valence-corrected chi connectivity index (χ0v) is 11.2. The number of aliphatic carboxylic acids is 1. The fourth-order valence-electron chi connectivity index (χ4n) is 1.84. The van der Waals surface area contributed by atoms with E-state index in [2.05, 4.69) is 5.32 Å². The van der Waals surface area contributed by atoms with E-state index in [4.69, 9.17) is 9.84 Å². The third kappa shape index (κ3) is 3.42. The Morgan fingerprint density at radius 3 is 2.43 bits per heavy atom. The van der Waals surface area contributed by atoms with Gasteiger partial charge in [-0.1, -0.05) is 6.07 Å². The number of benzene rings is 2. The van der Waals surface area contributed by atoms with Crippen LogP contribution in [-0.2, 0) is 4.79 Å². The minimum Gasteiger partial charge on any atom is -0.505 e. The smallest absolute Gasteiger partial charge is 0.330 e. The molecule has 2 rings (SSSR count). The number of hydrogen-bond donors (Lipinski definition) is 3. The molecule has 21 heavy (non-hydrogen) atoms. The Bertz CT molecular complexity index is 643. The van der Waals surface area contributed by atoms with Crippen molar-refractivity contribution in [3.63, 3.8) is 0 Å². The Morgan fingerprint density at radius 2 is 1.90 bits per heavy atom. The monoisotopic (exact) mass is 291 g/mol. The first-order valence-corrected chi connectivity index (χ1v) is 6.13. The van der Waals surface area contributed by atoms with Crippen molar-refractivity contribution in [2.75, 3.05) is 12.4 Å². The van der Waals surface area contributed by atoms with Gasteiger partial charge in [-0.2, -0.15) is 0 Å². The maximum absolute atomic E-state index is 13.4. The van der Waals surface area contributed by atoms with Crippen LogP contribution in [0.4, 0.5) is 10.1 Å². The van der Waals surface area contributed by atoms with Gasteiger partial charge in [0.05, 0.1) is 7.11 Å². The third-order valence-corrected chi connectivity index (χ3v) is 2.95. The molecule has 110 valence electrons. The first-order chi connectivity index (χ1) is 10.0. The molecule has 0 amide bonds. The summed E-state index contributed by atoms with van der Waals surface area (Å²) in [6.07, 6.45) is 0. The predicted octanol–water partition coefficient (Wildman–Crippen LogP) is 2.78. The second kappa shape index (κ2) is 6.13. The molecule has 0 aliphatic rings. The number of rotatable bonds is 5. The van der Waals surface area contributed by atoms with E-state index in [1.807, 2.05) is 0 Å². The predicted molar refractivity (Wildman–Crippen MR) is 75.1 cm³/mol. The topological polar surface area (TPSA) is 78.8 Å². The first-order valence-electron chi connectivity index (χ1n) is 6.13. The quantitative estimate of drug-likeness (QED) is 0.789. The van der Waals surface area contributed by atoms with Gasteiger partial charge in [0.25, 0.3) is 0 Å². The molecule has 2 aromatic rings. The highest BCUT2D eigenvalue weighted by atomic mass is 19.1. The minimum absolute atomic E-state index is 0.202. The molecule has 0 heterocycles. The van der Waals surface area contributed by atoms with Crippen molar-refractivity contribution in [3.05, 3.63) is 53.8 Å². The molecule has 3 N–H and O–H groups in total. The molecule has 0 aromatic heterocycles. The molecule has 1 unspecified atom stereocenters. The Kier molecular flexibility index (Phi) is 4.27. The van der Waals surface area contributed by atoms with Crippen molar-refractivity contribution in [3.8, 4) is 11.5 Å². The van der Waals surface area contributed by atoms with E-state index in [0.29, 0.717) is 11.4 Å². The molecule has 0 radical (unpaired) electrons. The second-order valence-electron chi connectivity index (χ2n) is 4.35. The van der Waals surface area contributed by atoms with Crippen LogP contribution in [0.15, 0.2) is 42.5 Å². The van der Waals surface area contributed by atoms with Crippen molar-refractivity contribution in [2.45, 2.75) is 6.04 Å². The van der Waals surface area contributed by atoms with Gasteiger partial charge in [0.1, 0.15) is 5.75 Å². The fraction of sp³-hybridized carbons (Fsp3) is 0.133. The lowest BCUT2D eigenvalue weighted by Gasteiger charge is -2.16. The zero-order chi connectivity index (χ0) is 15.4. The number of ether oxygens (including phenoxy) is 1. The van der Waals surface area contributed by atoms with Crippen LogP contribution in [0.5, 0.6) is 11.5 Å². The summed E-state index contributed by atoms with van der Waals surface area (Å²) in [4.78, 5) is 11.4. The molecule has 0 saturated heterocycles. The molecule has 0 saturated carbocycles. The summed E-state index contributed by atoms with van der Waals surface area (Å²) >= 11 is 0. The van der Waals surface area contributed by atoms with Gasteiger partial charge in [-0.25, -0.2) is 9.18 Å². The molecule has 0 aliphatic carbocycles. The van der Waals surface area contributed by atoms with Gasteiger partial charge in [-0.05, 0) is 42.0 Å². The lowest BCUT2D eigenvalue weighted by molar-refractivity contribution is -0.138. The molecule has 0 aliphatic heterocycles. The van der Waals surface area contributed by atoms with Gasteiger partial charge in [0, 0.05) is 5.69 Å². The summed E-state index contributed by atoms with van der Waals surface area (Å²) in [7, 11) is 1.53. The molecular weight excluding hydrogens is 277 g/mol. The number of anilines is 1. The highest BCUT2D eigenvalue weighted by molar-refractivity contribution is 5.79. The number of aromatic hydroxyl groups is 1. The Balaban J connectivity index is 2.26. The lowest BCUT2D eigenvalue weighted by Crippen LogP contribution is -2.20. The van der Waals surface area contributed by atoms with Gasteiger partial charge in [-0.15, -0.1) is 0 Å². The van der Waals surface area contributed by atoms with Crippen LogP contribution in [0.25, 0.3) is 0 Å². The number of carboxylic acids is 1. The average Bonchev–Trinajstić information content (AvgIpc) is 2.48. The van der Waals surface area contributed by atoms with Crippen molar-refractivity contribution < 1.29 is 24.1 Å². The summed E-state index contributed by atoms with van der Waals surface area (Å²) in [6, 6.07) is 9.01. The fourth-order valence-corrected chi connectivity index (χ4v) is 1.84. The van der Waals surface area contributed by atoms with Crippen molar-refractivity contribution in [1.82, 2.24) is 0 Å². The number of methoxy groups -OCH3 is 1. The maximum Gasteiger partial charge on any atom is 0.330 e. The van der Waals surface area contributed by atoms with Gasteiger partial charge in [0.15, 0.2) is 17.6 Å². The van der Waals surface area contributed by atoms with E-state index in [9.17, 15) is 14.3 Å². The Morgan fingerprint density at radius 1 is 1.24 bits per heavy atom. The van der Waals surface area contributed by atoms with Crippen LogP contribution in [0.1, 0.15) is 11.6 Å². The highest BCUT2D eigenvalue weighted by Crippen LogP contribution is 2.25. The van der Waals surface area contributed by atoms with E-state index in [0.717, 1.165) is 12.1 Å². The number of carboxylic acid groups (broad SMARTS) is 1. The number of phenolic OH excluding ortho intramolecular Hbond substituents is 1. The highest BCUT2D eigenvalue weighted by Gasteiger charge is 2.21. The van der Waals surface area contributed by atoms with E-state index < -0.39 is 23.6 Å². The summed E-state index contributed by atoms with van der Waals surface area (Å²) in [6.45, 7) is 0. The van der Waals surface area contributed by atoms with E-state index >= 15 is 0 Å². The maximum atomic E-state index is 13.4. The standard InChI is InChI=1S/C15H14FNO4/c1-21-11-5-3-10(4-6-11)17-14(15(19)20)9-2-7-13(18)12(16)8-9/h2-8,14,17-18H,1H3,(H,19,20). The molecule has 2 aromatic carbocycles. The number of phenols is 1.